The van der Waals surface area contributed by atoms with Gasteiger partial charge in [0, 0.05) is 5.54 Å². The van der Waals surface area contributed by atoms with Crippen LogP contribution in [0.15, 0.2) is 54.6 Å². The van der Waals surface area contributed by atoms with Crippen molar-refractivity contribution in [1.29, 1.82) is 0 Å². The topological polar surface area (TPSA) is 56.2 Å². The molecule has 0 spiro atoms. The fourth-order valence-electron chi connectivity index (χ4n) is 2.64. The summed E-state index contributed by atoms with van der Waals surface area (Å²) >= 11 is 0. The van der Waals surface area contributed by atoms with Crippen LogP contribution in [0, 0.1) is 0 Å². The predicted molar refractivity (Wildman–Crippen MR) is 95.0 cm³/mol. The lowest BCUT2D eigenvalue weighted by Gasteiger charge is -2.24. The second-order valence-electron chi connectivity index (χ2n) is 6.62. The fraction of sp³-hybridized carbons (Fsp3) is 0.263. The van der Waals surface area contributed by atoms with Gasteiger partial charge in [-0.05, 0) is 38.5 Å². The van der Waals surface area contributed by atoms with Crippen molar-refractivity contribution < 1.29 is 9.53 Å². The summed E-state index contributed by atoms with van der Waals surface area (Å²) in [6.45, 7) is 6.44. The third kappa shape index (κ3) is 3.40. The number of carbonyl (C=O) groups is 1. The summed E-state index contributed by atoms with van der Waals surface area (Å²) in [5, 5.41) is 2.77. The lowest BCUT2D eigenvalue weighted by atomic mass is 10.1. The maximum Gasteiger partial charge on any atom is 0.414 e. The van der Waals surface area contributed by atoms with Crippen LogP contribution in [0.25, 0.3) is 11.0 Å². The van der Waals surface area contributed by atoms with Crippen LogP contribution < -0.4 is 5.32 Å². The number of amides is 1. The van der Waals surface area contributed by atoms with Crippen molar-refractivity contribution in [3.63, 3.8) is 0 Å². The van der Waals surface area contributed by atoms with E-state index in [4.69, 9.17) is 4.74 Å². The maximum absolute atomic E-state index is 12.2. The SMILES string of the molecule is CC(C)(C)n1c(NC(=O)OCc2ccccc2)nc2ccccc21. The van der Waals surface area contributed by atoms with Crippen molar-refractivity contribution in [2.24, 2.45) is 0 Å². The van der Waals surface area contributed by atoms with Crippen LogP contribution in [0.4, 0.5) is 10.7 Å². The van der Waals surface area contributed by atoms with Crippen molar-refractivity contribution in [3.05, 3.63) is 60.2 Å². The number of para-hydroxylation sites is 2. The van der Waals surface area contributed by atoms with E-state index in [1.165, 1.54) is 0 Å². The van der Waals surface area contributed by atoms with Gasteiger partial charge in [-0.1, -0.05) is 42.5 Å². The van der Waals surface area contributed by atoms with Crippen molar-refractivity contribution in [3.8, 4) is 0 Å². The predicted octanol–water partition coefficient (Wildman–Crippen LogP) is 4.54. The third-order valence-corrected chi connectivity index (χ3v) is 3.66. The number of anilines is 1. The minimum atomic E-state index is -0.514. The molecule has 1 amide bonds. The van der Waals surface area contributed by atoms with Gasteiger partial charge in [0.2, 0.25) is 5.95 Å². The molecule has 1 aromatic heterocycles. The molecule has 5 nitrogen and oxygen atoms in total. The largest absolute Gasteiger partial charge is 0.444 e. The first-order valence-electron chi connectivity index (χ1n) is 7.91. The molecule has 3 aromatic rings. The highest BCUT2D eigenvalue weighted by Gasteiger charge is 2.22. The van der Waals surface area contributed by atoms with Gasteiger partial charge in [0.1, 0.15) is 6.61 Å². The van der Waals surface area contributed by atoms with E-state index in [-0.39, 0.29) is 12.1 Å². The molecule has 0 aliphatic heterocycles. The Hall–Kier alpha value is -2.82. The summed E-state index contributed by atoms with van der Waals surface area (Å²) in [6, 6.07) is 17.4. The van der Waals surface area contributed by atoms with Gasteiger partial charge in [-0.15, -0.1) is 0 Å². The molecule has 0 bridgehead atoms. The maximum atomic E-state index is 12.2. The normalized spacial score (nSPS) is 11.5. The minimum absolute atomic E-state index is 0.224. The number of fused-ring (bicyclic) bond motifs is 1. The van der Waals surface area contributed by atoms with Gasteiger partial charge in [-0.2, -0.15) is 0 Å². The van der Waals surface area contributed by atoms with Crippen molar-refractivity contribution in [2.45, 2.75) is 32.9 Å². The number of rotatable bonds is 3. The van der Waals surface area contributed by atoms with Crippen LogP contribution in [0.2, 0.25) is 0 Å². The molecule has 0 radical (unpaired) electrons. The van der Waals surface area contributed by atoms with Gasteiger partial charge in [-0.3, -0.25) is 5.32 Å². The standard InChI is InChI=1S/C19H21N3O2/c1-19(2,3)22-16-12-8-7-11-15(16)20-17(22)21-18(23)24-13-14-9-5-4-6-10-14/h4-12H,13H2,1-3H3,(H,20,21,23). The molecule has 0 aliphatic rings. The Kier molecular flexibility index (Phi) is 4.25. The summed E-state index contributed by atoms with van der Waals surface area (Å²) < 4.78 is 7.30. The van der Waals surface area contributed by atoms with Crippen LogP contribution in [0.3, 0.4) is 0 Å². The van der Waals surface area contributed by atoms with E-state index in [0.717, 1.165) is 16.6 Å². The number of carbonyl (C=O) groups excluding carboxylic acids is 1. The highest BCUT2D eigenvalue weighted by atomic mass is 16.5. The van der Waals surface area contributed by atoms with Crippen LogP contribution in [0.1, 0.15) is 26.3 Å². The number of ether oxygens (including phenoxy) is 1. The van der Waals surface area contributed by atoms with E-state index in [0.29, 0.717) is 5.95 Å². The summed E-state index contributed by atoms with van der Waals surface area (Å²) in [7, 11) is 0. The molecule has 5 heteroatoms. The average Bonchev–Trinajstić information content (AvgIpc) is 2.91. The van der Waals surface area contributed by atoms with E-state index in [1.54, 1.807) is 0 Å². The number of hydrogen-bond donors (Lipinski definition) is 1. The fourth-order valence-corrected chi connectivity index (χ4v) is 2.64. The minimum Gasteiger partial charge on any atom is -0.444 e. The van der Waals surface area contributed by atoms with Gasteiger partial charge in [0.05, 0.1) is 11.0 Å². The molecule has 1 N–H and O–H groups in total. The average molecular weight is 323 g/mol. The van der Waals surface area contributed by atoms with Crippen LogP contribution in [-0.4, -0.2) is 15.6 Å². The molecule has 2 aromatic carbocycles. The second-order valence-corrected chi connectivity index (χ2v) is 6.62. The highest BCUT2D eigenvalue weighted by Crippen LogP contribution is 2.27. The Balaban J connectivity index is 1.80. The quantitative estimate of drug-likeness (QED) is 0.770. The Morgan fingerprint density at radius 3 is 2.46 bits per heavy atom. The van der Waals surface area contributed by atoms with Gasteiger partial charge in [0.25, 0.3) is 0 Å². The van der Waals surface area contributed by atoms with E-state index < -0.39 is 6.09 Å². The van der Waals surface area contributed by atoms with Crippen LogP contribution in [0.5, 0.6) is 0 Å². The molecule has 0 atom stereocenters. The molecular weight excluding hydrogens is 302 g/mol. The summed E-state index contributed by atoms with van der Waals surface area (Å²) in [6.07, 6.45) is -0.514. The summed E-state index contributed by atoms with van der Waals surface area (Å²) in [4.78, 5) is 16.7. The smallest absolute Gasteiger partial charge is 0.414 e. The lowest BCUT2D eigenvalue weighted by Crippen LogP contribution is -2.26. The first-order valence-corrected chi connectivity index (χ1v) is 7.91. The molecule has 0 aliphatic carbocycles. The highest BCUT2D eigenvalue weighted by molar-refractivity contribution is 5.87. The number of imidazole rings is 1. The Bertz CT molecular complexity index is 848. The molecule has 3 rings (SSSR count). The van der Waals surface area contributed by atoms with Crippen molar-refractivity contribution in [2.75, 3.05) is 5.32 Å². The van der Waals surface area contributed by atoms with Gasteiger partial charge < -0.3 is 9.30 Å². The summed E-state index contributed by atoms with van der Waals surface area (Å²) in [5.41, 5.74) is 2.53. The Morgan fingerprint density at radius 1 is 1.08 bits per heavy atom. The monoisotopic (exact) mass is 323 g/mol. The zero-order valence-electron chi connectivity index (χ0n) is 14.1. The van der Waals surface area contributed by atoms with Gasteiger partial charge in [-0.25, -0.2) is 9.78 Å². The molecule has 24 heavy (non-hydrogen) atoms. The molecule has 0 fully saturated rings. The zero-order valence-corrected chi connectivity index (χ0v) is 14.1. The molecule has 0 saturated carbocycles. The van der Waals surface area contributed by atoms with E-state index >= 15 is 0 Å². The van der Waals surface area contributed by atoms with E-state index in [9.17, 15) is 4.79 Å². The lowest BCUT2D eigenvalue weighted by molar-refractivity contribution is 0.154. The molecule has 0 saturated heterocycles. The number of benzene rings is 2. The third-order valence-electron chi connectivity index (χ3n) is 3.66. The second kappa shape index (κ2) is 6.35. The van der Waals surface area contributed by atoms with Crippen molar-refractivity contribution >= 4 is 23.1 Å². The summed E-state index contributed by atoms with van der Waals surface area (Å²) in [5.74, 6) is 0.488. The van der Waals surface area contributed by atoms with Gasteiger partial charge >= 0.3 is 6.09 Å². The number of nitrogens with one attached hydrogen (secondary N) is 1. The van der Waals surface area contributed by atoms with Crippen molar-refractivity contribution in [1.82, 2.24) is 9.55 Å². The number of hydrogen-bond acceptors (Lipinski definition) is 3. The first-order chi connectivity index (χ1) is 11.4. The molecule has 0 unspecified atom stereocenters. The number of nitrogens with zero attached hydrogens (tertiary/aromatic N) is 2. The first kappa shape index (κ1) is 16.1. The van der Waals surface area contributed by atoms with Crippen LogP contribution in [-0.2, 0) is 16.9 Å². The van der Waals surface area contributed by atoms with E-state index in [2.05, 4.69) is 31.1 Å². The number of aromatic nitrogens is 2. The zero-order chi connectivity index (χ0) is 17.2. The van der Waals surface area contributed by atoms with Crippen LogP contribution >= 0.6 is 0 Å². The Labute approximate surface area is 141 Å². The van der Waals surface area contributed by atoms with E-state index in [1.807, 2.05) is 59.2 Å². The van der Waals surface area contributed by atoms with Gasteiger partial charge in [0.15, 0.2) is 0 Å². The molecule has 1 heterocycles. The Morgan fingerprint density at radius 2 is 1.75 bits per heavy atom. The molecule has 124 valence electrons. The molecular formula is C19H21N3O2.